The molecule has 4 rings (SSSR count). The highest BCUT2D eigenvalue weighted by Gasteiger charge is 2.52. The van der Waals surface area contributed by atoms with Gasteiger partial charge in [0.2, 0.25) is 5.91 Å². The molecule has 1 saturated heterocycles. The summed E-state index contributed by atoms with van der Waals surface area (Å²) in [6, 6.07) is 5.04. The summed E-state index contributed by atoms with van der Waals surface area (Å²) in [5, 5.41) is 13.3. The SMILES string of the molecule is O=C(CCN1C(=O)NC2(CCCC2)C1=O)Nc1ccc2[nH]ncc2c1. The smallest absolute Gasteiger partial charge is 0.325 e. The van der Waals surface area contributed by atoms with Crippen molar-refractivity contribution in [2.45, 2.75) is 37.6 Å². The van der Waals surface area contributed by atoms with Crippen molar-refractivity contribution in [3.05, 3.63) is 24.4 Å². The number of hydrogen-bond acceptors (Lipinski definition) is 4. The lowest BCUT2D eigenvalue weighted by Crippen LogP contribution is -2.44. The summed E-state index contributed by atoms with van der Waals surface area (Å²) in [5.74, 6) is -0.432. The third-order valence-corrected chi connectivity index (χ3v) is 4.99. The number of anilines is 1. The molecule has 0 radical (unpaired) electrons. The Hall–Kier alpha value is -2.90. The number of rotatable bonds is 4. The third kappa shape index (κ3) is 2.73. The van der Waals surface area contributed by atoms with Gasteiger partial charge in [0.15, 0.2) is 0 Å². The van der Waals surface area contributed by atoms with Gasteiger partial charge >= 0.3 is 6.03 Å². The zero-order valence-electron chi connectivity index (χ0n) is 13.7. The van der Waals surface area contributed by atoms with Crippen LogP contribution in [0.15, 0.2) is 24.4 Å². The van der Waals surface area contributed by atoms with E-state index in [9.17, 15) is 14.4 Å². The number of imide groups is 1. The van der Waals surface area contributed by atoms with Gasteiger partial charge in [0.05, 0.1) is 11.7 Å². The molecule has 4 amide bonds. The fourth-order valence-corrected chi connectivity index (χ4v) is 3.65. The van der Waals surface area contributed by atoms with Gasteiger partial charge in [0.25, 0.3) is 5.91 Å². The van der Waals surface area contributed by atoms with Crippen molar-refractivity contribution in [2.24, 2.45) is 0 Å². The van der Waals surface area contributed by atoms with Crippen molar-refractivity contribution in [1.29, 1.82) is 0 Å². The minimum atomic E-state index is -0.722. The van der Waals surface area contributed by atoms with Crippen LogP contribution in [0, 0.1) is 0 Å². The summed E-state index contributed by atoms with van der Waals surface area (Å²) in [5.41, 5.74) is 0.822. The van der Waals surface area contributed by atoms with E-state index >= 15 is 0 Å². The Morgan fingerprint density at radius 2 is 2.08 bits per heavy atom. The monoisotopic (exact) mass is 341 g/mol. The highest BCUT2D eigenvalue weighted by molar-refractivity contribution is 6.07. The molecule has 2 heterocycles. The largest absolute Gasteiger partial charge is 0.326 e. The minimum Gasteiger partial charge on any atom is -0.326 e. The van der Waals surface area contributed by atoms with E-state index in [4.69, 9.17) is 0 Å². The molecule has 8 heteroatoms. The van der Waals surface area contributed by atoms with Crippen LogP contribution in [-0.4, -0.2) is 45.0 Å². The first-order valence-electron chi connectivity index (χ1n) is 8.44. The fourth-order valence-electron chi connectivity index (χ4n) is 3.65. The average Bonchev–Trinajstić information content (AvgIpc) is 3.28. The Kier molecular flexibility index (Phi) is 3.67. The van der Waals surface area contributed by atoms with E-state index in [0.717, 1.165) is 23.7 Å². The van der Waals surface area contributed by atoms with Gasteiger partial charge < -0.3 is 10.6 Å². The van der Waals surface area contributed by atoms with Crippen LogP contribution in [0.25, 0.3) is 10.9 Å². The maximum atomic E-state index is 12.5. The maximum absolute atomic E-state index is 12.5. The summed E-state index contributed by atoms with van der Waals surface area (Å²) in [7, 11) is 0. The summed E-state index contributed by atoms with van der Waals surface area (Å²) in [6.07, 6.45) is 5.00. The predicted octanol–water partition coefficient (Wildman–Crippen LogP) is 1.76. The Balaban J connectivity index is 1.37. The van der Waals surface area contributed by atoms with Crippen LogP contribution >= 0.6 is 0 Å². The highest BCUT2D eigenvalue weighted by Crippen LogP contribution is 2.35. The van der Waals surface area contributed by atoms with E-state index in [2.05, 4.69) is 20.8 Å². The molecule has 1 aliphatic carbocycles. The number of aromatic amines is 1. The highest BCUT2D eigenvalue weighted by atomic mass is 16.2. The number of nitrogens with one attached hydrogen (secondary N) is 3. The normalized spacial score (nSPS) is 19.0. The van der Waals surface area contributed by atoms with Crippen LogP contribution in [0.2, 0.25) is 0 Å². The number of amides is 4. The van der Waals surface area contributed by atoms with Gasteiger partial charge in [-0.2, -0.15) is 5.10 Å². The molecule has 0 bridgehead atoms. The van der Waals surface area contributed by atoms with Crippen LogP contribution in [0.5, 0.6) is 0 Å². The number of aromatic nitrogens is 2. The van der Waals surface area contributed by atoms with Gasteiger partial charge in [0, 0.05) is 24.0 Å². The van der Waals surface area contributed by atoms with E-state index in [1.54, 1.807) is 12.3 Å². The Bertz CT molecular complexity index is 853. The number of H-pyrrole nitrogens is 1. The topological polar surface area (TPSA) is 107 Å². The summed E-state index contributed by atoms with van der Waals surface area (Å²) < 4.78 is 0. The third-order valence-electron chi connectivity index (χ3n) is 4.99. The molecule has 3 N–H and O–H groups in total. The number of carbonyl (C=O) groups is 3. The molecular weight excluding hydrogens is 322 g/mol. The summed E-state index contributed by atoms with van der Waals surface area (Å²) in [6.45, 7) is 0.0895. The van der Waals surface area contributed by atoms with Crippen LogP contribution < -0.4 is 10.6 Å². The van der Waals surface area contributed by atoms with Gasteiger partial charge in [-0.1, -0.05) is 12.8 Å². The molecule has 2 aliphatic rings. The molecular formula is C17H19N5O3. The molecule has 0 unspecified atom stereocenters. The standard InChI is InChI=1S/C17H19N5O3/c23-14(19-12-3-4-13-11(9-12)10-18-21-13)5-8-22-15(24)17(20-16(22)25)6-1-2-7-17/h3-4,9-10H,1-2,5-8H2,(H,18,21)(H,19,23)(H,20,25). The fraction of sp³-hybridized carbons (Fsp3) is 0.412. The molecule has 8 nitrogen and oxygen atoms in total. The predicted molar refractivity (Wildman–Crippen MR) is 90.8 cm³/mol. The molecule has 1 saturated carbocycles. The van der Waals surface area contributed by atoms with Crippen molar-refractivity contribution in [2.75, 3.05) is 11.9 Å². The number of fused-ring (bicyclic) bond motifs is 1. The number of carbonyl (C=O) groups excluding carboxylic acids is 3. The lowest BCUT2D eigenvalue weighted by Gasteiger charge is -2.19. The molecule has 0 atom stereocenters. The lowest BCUT2D eigenvalue weighted by atomic mass is 9.98. The lowest BCUT2D eigenvalue weighted by molar-refractivity contribution is -0.131. The Labute approximate surface area is 143 Å². The number of nitrogens with zero attached hydrogens (tertiary/aromatic N) is 2. The first-order valence-corrected chi connectivity index (χ1v) is 8.44. The van der Waals surface area contributed by atoms with E-state index < -0.39 is 5.54 Å². The van der Waals surface area contributed by atoms with Crippen molar-refractivity contribution in [3.8, 4) is 0 Å². The number of hydrogen-bond donors (Lipinski definition) is 3. The van der Waals surface area contributed by atoms with E-state index in [-0.39, 0.29) is 30.8 Å². The van der Waals surface area contributed by atoms with Crippen LogP contribution in [-0.2, 0) is 9.59 Å². The number of urea groups is 1. The zero-order valence-corrected chi connectivity index (χ0v) is 13.7. The summed E-state index contributed by atoms with van der Waals surface area (Å²) >= 11 is 0. The van der Waals surface area contributed by atoms with E-state index in [1.165, 1.54) is 4.90 Å². The summed E-state index contributed by atoms with van der Waals surface area (Å²) in [4.78, 5) is 37.9. The van der Waals surface area contributed by atoms with Crippen molar-refractivity contribution >= 4 is 34.4 Å². The van der Waals surface area contributed by atoms with Crippen molar-refractivity contribution < 1.29 is 14.4 Å². The zero-order chi connectivity index (χ0) is 17.4. The van der Waals surface area contributed by atoms with Gasteiger partial charge in [-0.15, -0.1) is 0 Å². The second-order valence-electron chi connectivity index (χ2n) is 6.65. The minimum absolute atomic E-state index is 0.0681. The first-order chi connectivity index (χ1) is 12.1. The van der Waals surface area contributed by atoms with Gasteiger partial charge in [-0.3, -0.25) is 19.6 Å². The molecule has 2 aromatic rings. The van der Waals surface area contributed by atoms with Gasteiger partial charge in [0.1, 0.15) is 5.54 Å². The van der Waals surface area contributed by atoms with Crippen LogP contribution in [0.4, 0.5) is 10.5 Å². The second-order valence-corrected chi connectivity index (χ2v) is 6.65. The van der Waals surface area contributed by atoms with Crippen molar-refractivity contribution in [3.63, 3.8) is 0 Å². The quantitative estimate of drug-likeness (QED) is 0.736. The molecule has 1 aromatic heterocycles. The first kappa shape index (κ1) is 15.6. The van der Waals surface area contributed by atoms with Gasteiger partial charge in [-0.25, -0.2) is 4.79 Å². The maximum Gasteiger partial charge on any atom is 0.325 e. The number of benzene rings is 1. The van der Waals surface area contributed by atoms with Gasteiger partial charge in [-0.05, 0) is 31.0 Å². The molecule has 25 heavy (non-hydrogen) atoms. The molecule has 1 aliphatic heterocycles. The molecule has 1 spiro atoms. The molecule has 2 fully saturated rings. The van der Waals surface area contributed by atoms with Crippen LogP contribution in [0.1, 0.15) is 32.1 Å². The Morgan fingerprint density at radius 3 is 2.88 bits per heavy atom. The average molecular weight is 341 g/mol. The molecule has 130 valence electrons. The van der Waals surface area contributed by atoms with Crippen molar-refractivity contribution in [1.82, 2.24) is 20.4 Å². The molecule has 1 aromatic carbocycles. The second kappa shape index (κ2) is 5.87. The van der Waals surface area contributed by atoms with E-state index in [1.807, 2.05) is 12.1 Å². The Morgan fingerprint density at radius 1 is 1.28 bits per heavy atom. The van der Waals surface area contributed by atoms with Crippen LogP contribution in [0.3, 0.4) is 0 Å². The van der Waals surface area contributed by atoms with E-state index in [0.29, 0.717) is 18.5 Å².